The minimum atomic E-state index is 0.452. The molecule has 1 heterocycles. The molecule has 2 N–H and O–H groups in total. The van der Waals surface area contributed by atoms with E-state index in [0.29, 0.717) is 18.2 Å². The van der Waals surface area contributed by atoms with Crippen LogP contribution in [-0.4, -0.2) is 49.9 Å². The number of thioether (sulfide) groups is 1. The van der Waals surface area contributed by atoms with E-state index in [1.807, 2.05) is 7.11 Å². The largest absolute Gasteiger partial charge is 0.380 e. The molecule has 0 spiro atoms. The molecule has 3 atom stereocenters. The van der Waals surface area contributed by atoms with Crippen LogP contribution in [0, 0.1) is 0 Å². The average Bonchev–Trinajstić information content (AvgIpc) is 2.78. The molecular weight excluding hydrogens is 220 g/mol. The van der Waals surface area contributed by atoms with Gasteiger partial charge >= 0.3 is 0 Å². The zero-order valence-corrected chi connectivity index (χ0v) is 11.0. The summed E-state index contributed by atoms with van der Waals surface area (Å²) in [4.78, 5) is 0. The quantitative estimate of drug-likeness (QED) is 0.762. The fourth-order valence-electron chi connectivity index (χ4n) is 2.69. The van der Waals surface area contributed by atoms with Crippen LogP contribution < -0.4 is 10.6 Å². The maximum Gasteiger partial charge on any atom is 0.0724 e. The molecule has 0 bridgehead atoms. The highest BCUT2D eigenvalue weighted by Crippen LogP contribution is 2.21. The Balaban J connectivity index is 1.59. The zero-order valence-electron chi connectivity index (χ0n) is 10.2. The van der Waals surface area contributed by atoms with Crippen molar-refractivity contribution in [1.29, 1.82) is 0 Å². The number of nitrogens with one attached hydrogen (secondary N) is 2. The maximum atomic E-state index is 5.48. The molecule has 3 nitrogen and oxygen atoms in total. The first-order valence-corrected chi connectivity index (χ1v) is 7.63. The molecule has 2 aliphatic rings. The fraction of sp³-hybridized carbons (Fsp3) is 1.00. The van der Waals surface area contributed by atoms with E-state index in [1.165, 1.54) is 43.7 Å². The van der Waals surface area contributed by atoms with Gasteiger partial charge in [0.25, 0.3) is 0 Å². The van der Waals surface area contributed by atoms with E-state index in [2.05, 4.69) is 22.4 Å². The van der Waals surface area contributed by atoms with Crippen LogP contribution in [0.3, 0.4) is 0 Å². The molecule has 1 saturated heterocycles. The lowest BCUT2D eigenvalue weighted by Crippen LogP contribution is -2.42. The Kier molecular flexibility index (Phi) is 5.42. The number of methoxy groups -OCH3 is 1. The van der Waals surface area contributed by atoms with E-state index >= 15 is 0 Å². The van der Waals surface area contributed by atoms with Crippen molar-refractivity contribution in [3.05, 3.63) is 0 Å². The van der Waals surface area contributed by atoms with Gasteiger partial charge in [0.15, 0.2) is 0 Å². The van der Waals surface area contributed by atoms with Gasteiger partial charge in [0.1, 0.15) is 0 Å². The van der Waals surface area contributed by atoms with Crippen LogP contribution in [0.5, 0.6) is 0 Å². The molecule has 94 valence electrons. The van der Waals surface area contributed by atoms with Gasteiger partial charge in [-0.25, -0.2) is 0 Å². The van der Waals surface area contributed by atoms with Crippen LogP contribution in [0.2, 0.25) is 0 Å². The van der Waals surface area contributed by atoms with E-state index in [1.54, 1.807) is 0 Å². The van der Waals surface area contributed by atoms with Crippen molar-refractivity contribution in [1.82, 2.24) is 10.6 Å². The molecular formula is C12H24N2OS. The Hall–Kier alpha value is 0.230. The third kappa shape index (κ3) is 3.62. The highest BCUT2D eigenvalue weighted by atomic mass is 32.2. The SMILES string of the molecule is COC1CCCC1NCCC1CSCCN1. The van der Waals surface area contributed by atoms with Gasteiger partial charge in [-0.1, -0.05) is 0 Å². The average molecular weight is 244 g/mol. The maximum absolute atomic E-state index is 5.48. The van der Waals surface area contributed by atoms with Crippen molar-refractivity contribution in [3.8, 4) is 0 Å². The molecule has 1 aliphatic carbocycles. The van der Waals surface area contributed by atoms with Crippen molar-refractivity contribution in [2.75, 3.05) is 31.7 Å². The van der Waals surface area contributed by atoms with Crippen LogP contribution in [0.15, 0.2) is 0 Å². The summed E-state index contributed by atoms with van der Waals surface area (Å²) < 4.78 is 5.48. The summed E-state index contributed by atoms with van der Waals surface area (Å²) in [5, 5.41) is 7.23. The number of hydrogen-bond donors (Lipinski definition) is 2. The molecule has 3 unspecified atom stereocenters. The summed E-state index contributed by atoms with van der Waals surface area (Å²) in [7, 11) is 1.84. The zero-order chi connectivity index (χ0) is 11.2. The van der Waals surface area contributed by atoms with Crippen molar-refractivity contribution < 1.29 is 4.74 Å². The number of hydrogen-bond acceptors (Lipinski definition) is 4. The summed E-state index contributed by atoms with van der Waals surface area (Å²) in [5.74, 6) is 2.55. The molecule has 0 amide bonds. The topological polar surface area (TPSA) is 33.3 Å². The van der Waals surface area contributed by atoms with Crippen LogP contribution in [0.1, 0.15) is 25.7 Å². The lowest BCUT2D eigenvalue weighted by molar-refractivity contribution is 0.0850. The molecule has 1 aliphatic heterocycles. The van der Waals surface area contributed by atoms with E-state index in [9.17, 15) is 0 Å². The van der Waals surface area contributed by atoms with Crippen molar-refractivity contribution in [2.45, 2.75) is 43.9 Å². The van der Waals surface area contributed by atoms with Crippen LogP contribution in [0.4, 0.5) is 0 Å². The smallest absolute Gasteiger partial charge is 0.0724 e. The standard InChI is InChI=1S/C12H24N2OS/c1-15-12-4-2-3-11(12)14-6-5-10-9-16-8-7-13-10/h10-14H,2-9H2,1H3. The van der Waals surface area contributed by atoms with E-state index in [-0.39, 0.29) is 0 Å². The summed E-state index contributed by atoms with van der Waals surface area (Å²) >= 11 is 2.08. The molecule has 0 radical (unpaired) electrons. The summed E-state index contributed by atoms with van der Waals surface area (Å²) in [6.07, 6.45) is 5.53. The minimum Gasteiger partial charge on any atom is -0.380 e. The van der Waals surface area contributed by atoms with E-state index < -0.39 is 0 Å². The Morgan fingerprint density at radius 2 is 2.38 bits per heavy atom. The van der Waals surface area contributed by atoms with Gasteiger partial charge in [0, 0.05) is 37.2 Å². The van der Waals surface area contributed by atoms with Gasteiger partial charge in [-0.05, 0) is 32.2 Å². The van der Waals surface area contributed by atoms with Gasteiger partial charge in [0.2, 0.25) is 0 Å². The Morgan fingerprint density at radius 3 is 3.12 bits per heavy atom. The highest BCUT2D eigenvalue weighted by Gasteiger charge is 2.26. The second-order valence-electron chi connectivity index (χ2n) is 4.78. The monoisotopic (exact) mass is 244 g/mol. The summed E-state index contributed by atoms with van der Waals surface area (Å²) in [5.41, 5.74) is 0. The van der Waals surface area contributed by atoms with Crippen molar-refractivity contribution in [3.63, 3.8) is 0 Å². The highest BCUT2D eigenvalue weighted by molar-refractivity contribution is 7.99. The molecule has 0 aromatic rings. The van der Waals surface area contributed by atoms with Gasteiger partial charge in [-0.15, -0.1) is 0 Å². The Morgan fingerprint density at radius 1 is 1.44 bits per heavy atom. The van der Waals surface area contributed by atoms with Gasteiger partial charge in [-0.2, -0.15) is 11.8 Å². The van der Waals surface area contributed by atoms with E-state index in [0.717, 1.165) is 6.54 Å². The molecule has 0 aromatic heterocycles. The third-order valence-electron chi connectivity index (χ3n) is 3.65. The number of ether oxygens (including phenoxy) is 1. The summed E-state index contributed by atoms with van der Waals surface area (Å²) in [6.45, 7) is 2.31. The van der Waals surface area contributed by atoms with Crippen LogP contribution in [0.25, 0.3) is 0 Å². The minimum absolute atomic E-state index is 0.452. The molecule has 0 aromatic carbocycles. The first-order valence-electron chi connectivity index (χ1n) is 6.47. The molecule has 2 fully saturated rings. The fourth-order valence-corrected chi connectivity index (χ4v) is 3.69. The van der Waals surface area contributed by atoms with Crippen LogP contribution in [-0.2, 0) is 4.74 Å². The second kappa shape index (κ2) is 6.84. The third-order valence-corrected chi connectivity index (χ3v) is 4.78. The lowest BCUT2D eigenvalue weighted by Gasteiger charge is -2.25. The van der Waals surface area contributed by atoms with E-state index in [4.69, 9.17) is 4.74 Å². The Bertz CT molecular complexity index is 197. The molecule has 2 rings (SSSR count). The first-order chi connectivity index (χ1) is 7.90. The first kappa shape index (κ1) is 12.7. The molecule has 4 heteroatoms. The second-order valence-corrected chi connectivity index (χ2v) is 5.93. The lowest BCUT2D eigenvalue weighted by atomic mass is 10.2. The number of rotatable bonds is 5. The Labute approximate surface area is 103 Å². The van der Waals surface area contributed by atoms with Crippen molar-refractivity contribution >= 4 is 11.8 Å². The van der Waals surface area contributed by atoms with Crippen LogP contribution >= 0.6 is 11.8 Å². The predicted octanol–water partition coefficient (Wildman–Crippen LogP) is 1.24. The predicted molar refractivity (Wildman–Crippen MR) is 70.2 cm³/mol. The van der Waals surface area contributed by atoms with Crippen molar-refractivity contribution in [2.24, 2.45) is 0 Å². The normalized spacial score (nSPS) is 35.4. The summed E-state index contributed by atoms with van der Waals surface area (Å²) in [6, 6.07) is 1.31. The molecule has 1 saturated carbocycles. The molecule has 16 heavy (non-hydrogen) atoms. The van der Waals surface area contributed by atoms with Gasteiger partial charge in [-0.3, -0.25) is 0 Å². The van der Waals surface area contributed by atoms with Gasteiger partial charge < -0.3 is 15.4 Å². The van der Waals surface area contributed by atoms with Gasteiger partial charge in [0.05, 0.1) is 6.10 Å².